The average molecular weight is 306 g/mol. The molecule has 106 valence electrons. The summed E-state index contributed by atoms with van der Waals surface area (Å²) < 4.78 is 26.3. The van der Waals surface area contributed by atoms with Crippen LogP contribution in [0.4, 0.5) is 0 Å². The second-order valence-electron chi connectivity index (χ2n) is 4.23. The Morgan fingerprint density at radius 2 is 2.11 bits per heavy atom. The molecule has 0 amide bonds. The summed E-state index contributed by atoms with van der Waals surface area (Å²) in [6, 6.07) is 3.35. The number of aryl methyl sites for hydroxylation is 1. The highest BCUT2D eigenvalue weighted by Gasteiger charge is 2.26. The van der Waals surface area contributed by atoms with Gasteiger partial charge in [0.1, 0.15) is 10.9 Å². The van der Waals surface area contributed by atoms with E-state index in [1.807, 2.05) is 0 Å². The van der Waals surface area contributed by atoms with Gasteiger partial charge in [0.2, 0.25) is 10.0 Å². The van der Waals surface area contributed by atoms with E-state index < -0.39 is 22.0 Å². The number of carbonyl (C=O) groups is 1. The van der Waals surface area contributed by atoms with Crippen LogP contribution in [0, 0.1) is 6.92 Å². The summed E-state index contributed by atoms with van der Waals surface area (Å²) in [4.78, 5) is 10.9. The maximum absolute atomic E-state index is 12.1. The predicted molar refractivity (Wildman–Crippen MR) is 72.8 cm³/mol. The first-order valence-corrected chi connectivity index (χ1v) is 7.65. The highest BCUT2D eigenvalue weighted by molar-refractivity contribution is 7.89. The van der Waals surface area contributed by atoms with E-state index in [-0.39, 0.29) is 16.3 Å². The Hall–Kier alpha value is -1.11. The van der Waals surface area contributed by atoms with Gasteiger partial charge in [-0.2, -0.15) is 4.72 Å². The normalized spacial score (nSPS) is 13.2. The Morgan fingerprint density at radius 3 is 2.58 bits per heavy atom. The van der Waals surface area contributed by atoms with Gasteiger partial charge in [0.25, 0.3) is 0 Å². The van der Waals surface area contributed by atoms with Gasteiger partial charge in [-0.1, -0.05) is 31.0 Å². The number of hydrogen-bond acceptors (Lipinski definition) is 3. The molecule has 0 spiro atoms. The molecule has 0 saturated carbocycles. The standard InChI is InChI=1S/C12H16ClNO4S/c1-3-4-10(12(15)16)14-19(17,18)11-6-5-8(2)7-9(11)13/h5-7,10,14H,3-4H2,1-2H3,(H,15,16)/t10-/m1/s1. The van der Waals surface area contributed by atoms with Gasteiger partial charge >= 0.3 is 5.97 Å². The molecule has 0 aliphatic carbocycles. The largest absolute Gasteiger partial charge is 0.480 e. The molecule has 2 N–H and O–H groups in total. The monoisotopic (exact) mass is 305 g/mol. The van der Waals surface area contributed by atoms with Gasteiger partial charge in [0.15, 0.2) is 0 Å². The fourth-order valence-electron chi connectivity index (χ4n) is 1.60. The van der Waals surface area contributed by atoms with E-state index in [0.29, 0.717) is 6.42 Å². The first kappa shape index (κ1) is 15.9. The van der Waals surface area contributed by atoms with Gasteiger partial charge in [-0.05, 0) is 31.0 Å². The molecule has 1 rings (SSSR count). The van der Waals surface area contributed by atoms with E-state index >= 15 is 0 Å². The van der Waals surface area contributed by atoms with Crippen LogP contribution in [0.2, 0.25) is 5.02 Å². The minimum absolute atomic E-state index is 0.0770. The van der Waals surface area contributed by atoms with E-state index in [2.05, 4.69) is 4.72 Å². The van der Waals surface area contributed by atoms with Crippen LogP contribution < -0.4 is 4.72 Å². The Kier molecular flexibility index (Phi) is 5.34. The molecular weight excluding hydrogens is 290 g/mol. The van der Waals surface area contributed by atoms with Crippen LogP contribution in [-0.2, 0) is 14.8 Å². The van der Waals surface area contributed by atoms with E-state index in [9.17, 15) is 13.2 Å². The van der Waals surface area contributed by atoms with Crippen LogP contribution in [0.15, 0.2) is 23.1 Å². The second-order valence-corrected chi connectivity index (χ2v) is 6.32. The van der Waals surface area contributed by atoms with Crippen molar-refractivity contribution in [3.05, 3.63) is 28.8 Å². The molecule has 1 aromatic carbocycles. The molecule has 0 aliphatic heterocycles. The van der Waals surface area contributed by atoms with E-state index in [1.54, 1.807) is 19.9 Å². The number of rotatable bonds is 6. The smallest absolute Gasteiger partial charge is 0.321 e. The van der Waals surface area contributed by atoms with Crippen LogP contribution >= 0.6 is 11.6 Å². The first-order chi connectivity index (χ1) is 8.77. The topological polar surface area (TPSA) is 83.5 Å². The number of carboxylic acids is 1. The zero-order chi connectivity index (χ0) is 14.6. The lowest BCUT2D eigenvalue weighted by atomic mass is 10.2. The lowest BCUT2D eigenvalue weighted by Crippen LogP contribution is -2.40. The van der Waals surface area contributed by atoms with E-state index in [4.69, 9.17) is 16.7 Å². The maximum Gasteiger partial charge on any atom is 0.321 e. The van der Waals surface area contributed by atoms with Gasteiger partial charge in [-0.3, -0.25) is 4.79 Å². The maximum atomic E-state index is 12.1. The minimum Gasteiger partial charge on any atom is -0.480 e. The number of aliphatic carboxylic acids is 1. The van der Waals surface area contributed by atoms with Gasteiger partial charge in [-0.15, -0.1) is 0 Å². The molecule has 0 radical (unpaired) electrons. The lowest BCUT2D eigenvalue weighted by Gasteiger charge is -2.14. The molecule has 0 aliphatic rings. The molecule has 5 nitrogen and oxygen atoms in total. The van der Waals surface area contributed by atoms with Gasteiger partial charge in [0, 0.05) is 0 Å². The fourth-order valence-corrected chi connectivity index (χ4v) is 3.42. The third-order valence-electron chi connectivity index (χ3n) is 2.55. The number of sulfonamides is 1. The van der Waals surface area contributed by atoms with Crippen molar-refractivity contribution in [2.24, 2.45) is 0 Å². The summed E-state index contributed by atoms with van der Waals surface area (Å²) in [5, 5.41) is 9.05. The molecule has 0 heterocycles. The summed E-state index contributed by atoms with van der Waals surface area (Å²) in [5.41, 5.74) is 0.826. The van der Waals surface area contributed by atoms with Crippen molar-refractivity contribution in [1.82, 2.24) is 4.72 Å². The minimum atomic E-state index is -3.94. The van der Waals surface area contributed by atoms with Crippen molar-refractivity contribution in [2.75, 3.05) is 0 Å². The lowest BCUT2D eigenvalue weighted by molar-refractivity contribution is -0.139. The van der Waals surface area contributed by atoms with Gasteiger partial charge < -0.3 is 5.11 Å². The molecule has 0 bridgehead atoms. The summed E-state index contributed by atoms with van der Waals surface area (Å²) in [6.07, 6.45) is 0.777. The highest BCUT2D eigenvalue weighted by atomic mass is 35.5. The highest BCUT2D eigenvalue weighted by Crippen LogP contribution is 2.22. The third-order valence-corrected chi connectivity index (χ3v) is 4.50. The Bertz CT molecular complexity index is 571. The van der Waals surface area contributed by atoms with Crippen LogP contribution in [0.1, 0.15) is 25.3 Å². The fraction of sp³-hybridized carbons (Fsp3) is 0.417. The van der Waals surface area contributed by atoms with E-state index in [0.717, 1.165) is 5.56 Å². The van der Waals surface area contributed by atoms with Crippen molar-refractivity contribution < 1.29 is 18.3 Å². The van der Waals surface area contributed by atoms with Crippen molar-refractivity contribution >= 4 is 27.6 Å². The van der Waals surface area contributed by atoms with E-state index in [1.165, 1.54) is 12.1 Å². The van der Waals surface area contributed by atoms with Gasteiger partial charge in [-0.25, -0.2) is 8.42 Å². The second kappa shape index (κ2) is 6.36. The molecule has 0 aromatic heterocycles. The molecule has 1 atom stereocenters. The zero-order valence-electron chi connectivity index (χ0n) is 10.7. The molecular formula is C12H16ClNO4S. The average Bonchev–Trinajstić information content (AvgIpc) is 2.27. The zero-order valence-corrected chi connectivity index (χ0v) is 12.3. The summed E-state index contributed by atoms with van der Waals surface area (Å²) in [6.45, 7) is 3.57. The summed E-state index contributed by atoms with van der Waals surface area (Å²) in [7, 11) is -3.94. The van der Waals surface area contributed by atoms with Crippen LogP contribution in [-0.4, -0.2) is 25.5 Å². The third kappa shape index (κ3) is 4.19. The molecule has 0 saturated heterocycles. The predicted octanol–water partition coefficient (Wildman–Crippen LogP) is 2.18. The number of nitrogens with one attached hydrogen (secondary N) is 1. The number of benzene rings is 1. The Morgan fingerprint density at radius 1 is 1.47 bits per heavy atom. The van der Waals surface area contributed by atoms with Crippen molar-refractivity contribution in [3.63, 3.8) is 0 Å². The SMILES string of the molecule is CCC[C@@H](NS(=O)(=O)c1ccc(C)cc1Cl)C(=O)O. The van der Waals surface area contributed by atoms with Crippen molar-refractivity contribution in [3.8, 4) is 0 Å². The molecule has 19 heavy (non-hydrogen) atoms. The molecule has 0 unspecified atom stereocenters. The Labute approximate surface area is 117 Å². The number of hydrogen-bond donors (Lipinski definition) is 2. The number of halogens is 1. The van der Waals surface area contributed by atoms with Crippen LogP contribution in [0.5, 0.6) is 0 Å². The van der Waals surface area contributed by atoms with Crippen LogP contribution in [0.3, 0.4) is 0 Å². The van der Waals surface area contributed by atoms with Gasteiger partial charge in [0.05, 0.1) is 5.02 Å². The molecule has 0 fully saturated rings. The van der Waals surface area contributed by atoms with Crippen LogP contribution in [0.25, 0.3) is 0 Å². The van der Waals surface area contributed by atoms with Crippen molar-refractivity contribution in [2.45, 2.75) is 37.6 Å². The molecule has 7 heteroatoms. The quantitative estimate of drug-likeness (QED) is 0.844. The summed E-state index contributed by atoms with van der Waals surface area (Å²) >= 11 is 5.89. The summed E-state index contributed by atoms with van der Waals surface area (Å²) in [5.74, 6) is -1.20. The number of carboxylic acid groups (broad SMARTS) is 1. The Balaban J connectivity index is 3.06. The molecule has 1 aromatic rings. The van der Waals surface area contributed by atoms with Crippen molar-refractivity contribution in [1.29, 1.82) is 0 Å². The first-order valence-electron chi connectivity index (χ1n) is 5.79.